The summed E-state index contributed by atoms with van der Waals surface area (Å²) < 4.78 is 28.6. The zero-order valence-electron chi connectivity index (χ0n) is 13.3. The summed E-state index contributed by atoms with van der Waals surface area (Å²) in [5.74, 6) is -2.06. The van der Waals surface area contributed by atoms with Gasteiger partial charge in [0.2, 0.25) is 0 Å². The average Bonchev–Trinajstić information content (AvgIpc) is 2.40. The minimum absolute atomic E-state index is 0.0850. The first kappa shape index (κ1) is 17.1. The third kappa shape index (κ3) is 3.56. The molecule has 23 heavy (non-hydrogen) atoms. The molecule has 1 atom stereocenters. The fourth-order valence-corrected chi connectivity index (χ4v) is 2.79. The molecule has 0 aliphatic carbocycles. The SMILES string of the molecule is Cc1cc(C)c(-c2cc(C)c(F)c(C(N)CC(=O)O)c2)c(F)c1. The van der Waals surface area contributed by atoms with Crippen molar-refractivity contribution in [2.45, 2.75) is 33.2 Å². The van der Waals surface area contributed by atoms with Gasteiger partial charge >= 0.3 is 5.97 Å². The van der Waals surface area contributed by atoms with Crippen LogP contribution in [0.1, 0.15) is 34.7 Å². The number of carboxylic acids is 1. The molecule has 0 heterocycles. The summed E-state index contributed by atoms with van der Waals surface area (Å²) in [5.41, 5.74) is 8.58. The number of hydrogen-bond donors (Lipinski definition) is 2. The van der Waals surface area contributed by atoms with Crippen LogP contribution < -0.4 is 5.73 Å². The highest BCUT2D eigenvalue weighted by atomic mass is 19.1. The summed E-state index contributed by atoms with van der Waals surface area (Å²) in [6.07, 6.45) is -0.394. The van der Waals surface area contributed by atoms with Gasteiger partial charge in [0.1, 0.15) is 11.6 Å². The fourth-order valence-electron chi connectivity index (χ4n) is 2.79. The summed E-state index contributed by atoms with van der Waals surface area (Å²) in [5, 5.41) is 8.85. The lowest BCUT2D eigenvalue weighted by molar-refractivity contribution is -0.137. The van der Waals surface area contributed by atoms with Gasteiger partial charge in [0, 0.05) is 17.2 Å². The standard InChI is InChI=1S/C18H19F2NO2/c1-9-4-10(2)17(14(19)5-9)12-6-11(3)18(20)13(7-12)15(21)8-16(22)23/h4-7,15H,8,21H2,1-3H3,(H,22,23). The molecule has 3 N–H and O–H groups in total. The molecule has 0 saturated carbocycles. The molecule has 0 saturated heterocycles. The summed E-state index contributed by atoms with van der Waals surface area (Å²) in [6, 6.07) is 5.26. The molecule has 5 heteroatoms. The number of nitrogens with two attached hydrogens (primary N) is 1. The normalized spacial score (nSPS) is 12.3. The van der Waals surface area contributed by atoms with Crippen LogP contribution in [0.5, 0.6) is 0 Å². The first-order valence-corrected chi connectivity index (χ1v) is 7.25. The molecule has 0 aliphatic rings. The Morgan fingerprint density at radius 3 is 2.35 bits per heavy atom. The van der Waals surface area contributed by atoms with Crippen molar-refractivity contribution in [1.82, 2.24) is 0 Å². The predicted molar refractivity (Wildman–Crippen MR) is 85.2 cm³/mol. The quantitative estimate of drug-likeness (QED) is 0.894. The molecular weight excluding hydrogens is 300 g/mol. The minimum Gasteiger partial charge on any atom is -0.481 e. The van der Waals surface area contributed by atoms with Gasteiger partial charge in [-0.05, 0) is 61.2 Å². The molecule has 1 unspecified atom stereocenters. The highest BCUT2D eigenvalue weighted by molar-refractivity contribution is 5.71. The van der Waals surface area contributed by atoms with Gasteiger partial charge in [-0.2, -0.15) is 0 Å². The summed E-state index contributed by atoms with van der Waals surface area (Å²) in [4.78, 5) is 10.8. The maximum Gasteiger partial charge on any atom is 0.305 e. The molecule has 0 bridgehead atoms. The van der Waals surface area contributed by atoms with Gasteiger partial charge in [-0.1, -0.05) is 6.07 Å². The van der Waals surface area contributed by atoms with Gasteiger partial charge in [0.25, 0.3) is 0 Å². The van der Waals surface area contributed by atoms with E-state index in [-0.39, 0.29) is 5.56 Å². The third-order valence-corrected chi connectivity index (χ3v) is 3.80. The smallest absolute Gasteiger partial charge is 0.305 e. The van der Waals surface area contributed by atoms with Crippen molar-refractivity contribution in [2.75, 3.05) is 0 Å². The van der Waals surface area contributed by atoms with E-state index in [4.69, 9.17) is 10.8 Å². The van der Waals surface area contributed by atoms with E-state index >= 15 is 0 Å². The largest absolute Gasteiger partial charge is 0.481 e. The molecule has 2 aromatic carbocycles. The van der Waals surface area contributed by atoms with E-state index < -0.39 is 30.1 Å². The Balaban J connectivity index is 2.62. The lowest BCUT2D eigenvalue weighted by atomic mass is 9.92. The molecule has 0 spiro atoms. The van der Waals surface area contributed by atoms with Crippen LogP contribution in [0.25, 0.3) is 11.1 Å². The second kappa shape index (κ2) is 6.46. The number of carboxylic acid groups (broad SMARTS) is 1. The van der Waals surface area contributed by atoms with Gasteiger partial charge in [-0.25, -0.2) is 8.78 Å². The fraction of sp³-hybridized carbons (Fsp3) is 0.278. The highest BCUT2D eigenvalue weighted by Gasteiger charge is 2.19. The van der Waals surface area contributed by atoms with Crippen molar-refractivity contribution < 1.29 is 18.7 Å². The summed E-state index contributed by atoms with van der Waals surface area (Å²) >= 11 is 0. The number of aryl methyl sites for hydroxylation is 3. The van der Waals surface area contributed by atoms with Crippen molar-refractivity contribution in [2.24, 2.45) is 5.73 Å². The summed E-state index contributed by atoms with van der Waals surface area (Å²) in [7, 11) is 0. The second-order valence-corrected chi connectivity index (χ2v) is 5.84. The van der Waals surface area contributed by atoms with Crippen LogP contribution in [0, 0.1) is 32.4 Å². The Bertz CT molecular complexity index is 749. The van der Waals surface area contributed by atoms with Crippen molar-refractivity contribution >= 4 is 5.97 Å². The van der Waals surface area contributed by atoms with Crippen molar-refractivity contribution in [1.29, 1.82) is 0 Å². The number of hydrogen-bond acceptors (Lipinski definition) is 2. The molecule has 3 nitrogen and oxygen atoms in total. The predicted octanol–water partition coefficient (Wildman–Crippen LogP) is 4.03. The maximum atomic E-state index is 14.4. The highest BCUT2D eigenvalue weighted by Crippen LogP contribution is 2.32. The van der Waals surface area contributed by atoms with Gasteiger partial charge in [0.05, 0.1) is 6.42 Å². The van der Waals surface area contributed by atoms with E-state index in [9.17, 15) is 13.6 Å². The topological polar surface area (TPSA) is 63.3 Å². The minimum atomic E-state index is -1.11. The molecule has 0 fully saturated rings. The van der Waals surface area contributed by atoms with E-state index in [1.807, 2.05) is 6.07 Å². The molecule has 0 aromatic heterocycles. The summed E-state index contributed by atoms with van der Waals surface area (Å²) in [6.45, 7) is 5.13. The van der Waals surface area contributed by atoms with Crippen molar-refractivity contribution in [3.63, 3.8) is 0 Å². The van der Waals surface area contributed by atoms with E-state index in [2.05, 4.69) is 0 Å². The first-order chi connectivity index (χ1) is 10.7. The van der Waals surface area contributed by atoms with Gasteiger partial charge in [-0.15, -0.1) is 0 Å². The number of halogens is 2. The second-order valence-electron chi connectivity index (χ2n) is 5.84. The number of aliphatic carboxylic acids is 1. The molecule has 0 aliphatic heterocycles. The first-order valence-electron chi connectivity index (χ1n) is 7.25. The Morgan fingerprint density at radius 1 is 1.13 bits per heavy atom. The Kier molecular flexibility index (Phi) is 4.80. The van der Waals surface area contributed by atoms with E-state index in [1.165, 1.54) is 12.1 Å². The van der Waals surface area contributed by atoms with Crippen LogP contribution in [0.15, 0.2) is 24.3 Å². The van der Waals surface area contributed by atoms with Crippen LogP contribution in [-0.4, -0.2) is 11.1 Å². The van der Waals surface area contributed by atoms with Crippen LogP contribution in [0.2, 0.25) is 0 Å². The Labute approximate surface area is 133 Å². The molecule has 2 aromatic rings. The van der Waals surface area contributed by atoms with Gasteiger partial charge in [-0.3, -0.25) is 4.79 Å². The molecule has 122 valence electrons. The monoisotopic (exact) mass is 319 g/mol. The number of benzene rings is 2. The number of rotatable bonds is 4. The van der Waals surface area contributed by atoms with E-state index in [0.29, 0.717) is 16.7 Å². The zero-order valence-corrected chi connectivity index (χ0v) is 13.3. The van der Waals surface area contributed by atoms with Crippen LogP contribution >= 0.6 is 0 Å². The molecular formula is C18H19F2NO2. The van der Waals surface area contributed by atoms with Crippen LogP contribution in [0.3, 0.4) is 0 Å². The number of carbonyl (C=O) groups is 1. The van der Waals surface area contributed by atoms with Crippen LogP contribution in [-0.2, 0) is 4.79 Å². The lowest BCUT2D eigenvalue weighted by Crippen LogP contribution is -2.17. The third-order valence-electron chi connectivity index (χ3n) is 3.80. The average molecular weight is 319 g/mol. The van der Waals surface area contributed by atoms with Crippen LogP contribution in [0.4, 0.5) is 8.78 Å². The van der Waals surface area contributed by atoms with Crippen molar-refractivity contribution in [3.8, 4) is 11.1 Å². The Morgan fingerprint density at radius 2 is 1.78 bits per heavy atom. The Hall–Kier alpha value is -2.27. The van der Waals surface area contributed by atoms with Crippen molar-refractivity contribution in [3.05, 3.63) is 58.2 Å². The van der Waals surface area contributed by atoms with E-state index in [0.717, 1.165) is 11.1 Å². The molecule has 0 radical (unpaired) electrons. The van der Waals surface area contributed by atoms with Gasteiger partial charge in [0.15, 0.2) is 0 Å². The molecule has 0 amide bonds. The maximum absolute atomic E-state index is 14.4. The molecule has 2 rings (SSSR count). The lowest BCUT2D eigenvalue weighted by Gasteiger charge is -2.16. The van der Waals surface area contributed by atoms with E-state index in [1.54, 1.807) is 26.8 Å². The van der Waals surface area contributed by atoms with Gasteiger partial charge < -0.3 is 10.8 Å². The zero-order chi connectivity index (χ0) is 17.3.